The van der Waals surface area contributed by atoms with E-state index in [0.29, 0.717) is 25.3 Å². The molecule has 0 radical (unpaired) electrons. The third kappa shape index (κ3) is 10.5. The Bertz CT molecular complexity index is 869. The van der Waals surface area contributed by atoms with Gasteiger partial charge in [0.2, 0.25) is 5.91 Å². The Morgan fingerprint density at radius 1 is 1.11 bits per heavy atom. The fraction of sp³-hybridized carbons (Fsp3) is 0.542. The Kier molecular flexibility index (Phi) is 10.7. The van der Waals surface area contributed by atoms with Crippen molar-refractivity contribution in [2.75, 3.05) is 6.54 Å². The molecule has 35 heavy (non-hydrogen) atoms. The molecule has 0 saturated heterocycles. The summed E-state index contributed by atoms with van der Waals surface area (Å²) in [5, 5.41) is 2.86. The molecule has 194 valence electrons. The first kappa shape index (κ1) is 28.3. The molecule has 0 unspecified atom stereocenters. The summed E-state index contributed by atoms with van der Waals surface area (Å²) in [4.78, 5) is 40.3. The van der Waals surface area contributed by atoms with Crippen LogP contribution >= 0.6 is 0 Å². The monoisotopic (exact) mass is 499 g/mol. The Labute approximate surface area is 202 Å². The topological polar surface area (TPSA) is 120 Å². The molecule has 2 rings (SSSR count). The van der Waals surface area contributed by atoms with E-state index in [9.17, 15) is 27.6 Å². The molecule has 8 nitrogen and oxygen atoms in total. The number of esters is 1. The van der Waals surface area contributed by atoms with Crippen LogP contribution in [0.5, 0.6) is 0 Å². The molecule has 1 aromatic carbocycles. The highest BCUT2D eigenvalue weighted by molar-refractivity contribution is 5.87. The van der Waals surface area contributed by atoms with Crippen LogP contribution in [0.25, 0.3) is 0 Å². The first-order chi connectivity index (χ1) is 16.5. The van der Waals surface area contributed by atoms with Gasteiger partial charge >= 0.3 is 18.1 Å². The number of alkyl halides is 3. The van der Waals surface area contributed by atoms with Crippen molar-refractivity contribution in [2.45, 2.75) is 69.8 Å². The fourth-order valence-corrected chi connectivity index (χ4v) is 3.58. The smallest absolute Gasteiger partial charge is 0.426 e. The summed E-state index contributed by atoms with van der Waals surface area (Å²) in [5.41, 5.74) is 6.12. The van der Waals surface area contributed by atoms with Gasteiger partial charge in [0, 0.05) is 19.5 Å². The number of aryl methyl sites for hydroxylation is 1. The van der Waals surface area contributed by atoms with Gasteiger partial charge in [-0.3, -0.25) is 10.5 Å². The number of amides is 1. The molecule has 1 aliphatic rings. The predicted octanol–water partition coefficient (Wildman–Crippen LogP) is 3.07. The van der Waals surface area contributed by atoms with Gasteiger partial charge in [-0.05, 0) is 37.2 Å². The van der Waals surface area contributed by atoms with Crippen LogP contribution in [0.1, 0.15) is 51.0 Å². The fourth-order valence-electron chi connectivity index (χ4n) is 3.58. The summed E-state index contributed by atoms with van der Waals surface area (Å²) >= 11 is 0. The van der Waals surface area contributed by atoms with Gasteiger partial charge < -0.3 is 14.9 Å². The Morgan fingerprint density at radius 3 is 2.40 bits per heavy atom. The first-order valence-electron chi connectivity index (χ1n) is 11.5. The van der Waals surface area contributed by atoms with Gasteiger partial charge in [0.05, 0.1) is 6.04 Å². The van der Waals surface area contributed by atoms with Crippen molar-refractivity contribution >= 4 is 17.8 Å². The minimum atomic E-state index is -5.32. The van der Waals surface area contributed by atoms with Crippen LogP contribution in [0.3, 0.4) is 0 Å². The quantitative estimate of drug-likeness (QED) is 0.185. The van der Waals surface area contributed by atoms with Crippen LogP contribution in [0, 0.1) is 5.92 Å². The summed E-state index contributed by atoms with van der Waals surface area (Å²) < 4.78 is 41.3. The second-order valence-electron chi connectivity index (χ2n) is 8.74. The number of ether oxygens (including phenoxy) is 1. The van der Waals surface area contributed by atoms with Gasteiger partial charge in [0.1, 0.15) is 0 Å². The van der Waals surface area contributed by atoms with E-state index in [1.54, 1.807) is 0 Å². The summed E-state index contributed by atoms with van der Waals surface area (Å²) in [5.74, 6) is -3.91. The van der Waals surface area contributed by atoms with Crippen LogP contribution in [-0.2, 0) is 30.4 Å². The molecule has 0 heterocycles. The lowest BCUT2D eigenvalue weighted by Crippen LogP contribution is -2.53. The van der Waals surface area contributed by atoms with Gasteiger partial charge in [-0.25, -0.2) is 9.59 Å². The highest BCUT2D eigenvalue weighted by atomic mass is 19.4. The van der Waals surface area contributed by atoms with E-state index in [1.807, 2.05) is 30.3 Å². The lowest BCUT2D eigenvalue weighted by atomic mass is 9.89. The van der Waals surface area contributed by atoms with Gasteiger partial charge in [0.15, 0.2) is 0 Å². The van der Waals surface area contributed by atoms with Crippen molar-refractivity contribution in [1.29, 1.82) is 0 Å². The van der Waals surface area contributed by atoms with Crippen molar-refractivity contribution in [2.24, 2.45) is 11.7 Å². The summed E-state index contributed by atoms with van der Waals surface area (Å²) in [6, 6.07) is 8.72. The predicted molar refractivity (Wildman–Crippen MR) is 121 cm³/mol. The number of carbonyl (C=O) groups excluding carboxylic acids is 3. The van der Waals surface area contributed by atoms with Gasteiger partial charge in [-0.1, -0.05) is 55.7 Å². The maximum absolute atomic E-state index is 12.4. The average molecular weight is 500 g/mol. The van der Waals surface area contributed by atoms with Gasteiger partial charge in [-0.15, -0.1) is 5.48 Å². The number of hydroxylamine groups is 1. The number of nitrogens with one attached hydrogen (secondary N) is 2. The molecule has 0 bridgehead atoms. The van der Waals surface area contributed by atoms with Crippen LogP contribution < -0.4 is 16.5 Å². The Hall–Kier alpha value is -2.92. The number of halogens is 3. The Morgan fingerprint density at radius 2 is 1.77 bits per heavy atom. The van der Waals surface area contributed by atoms with Crippen LogP contribution in [0.4, 0.5) is 13.2 Å². The molecule has 0 spiro atoms. The molecule has 1 saturated carbocycles. The lowest BCUT2D eigenvalue weighted by Gasteiger charge is -2.24. The zero-order valence-electron chi connectivity index (χ0n) is 19.6. The molecule has 0 aliphatic heterocycles. The average Bonchev–Trinajstić information content (AvgIpc) is 2.82. The highest BCUT2D eigenvalue weighted by Gasteiger charge is 2.47. The van der Waals surface area contributed by atoms with Crippen LogP contribution in [-0.4, -0.2) is 42.3 Å². The van der Waals surface area contributed by atoms with E-state index in [0.717, 1.165) is 38.2 Å². The minimum absolute atomic E-state index is 0.309. The second kappa shape index (κ2) is 13.2. The number of hydrogen-bond acceptors (Lipinski definition) is 7. The van der Waals surface area contributed by atoms with E-state index in [4.69, 9.17) is 10.6 Å². The molecule has 2 atom stereocenters. The van der Waals surface area contributed by atoms with E-state index >= 15 is 0 Å². The van der Waals surface area contributed by atoms with Crippen molar-refractivity contribution in [3.63, 3.8) is 0 Å². The van der Waals surface area contributed by atoms with Crippen molar-refractivity contribution in [1.82, 2.24) is 10.8 Å². The molecule has 4 N–H and O–H groups in total. The number of carbonyl (C=O) groups is 3. The van der Waals surface area contributed by atoms with Crippen molar-refractivity contribution < 1.29 is 37.1 Å². The summed E-state index contributed by atoms with van der Waals surface area (Å²) in [6.07, 6.45) is 4.11. The maximum Gasteiger partial charge on any atom is 0.491 e. The zero-order chi connectivity index (χ0) is 25.9. The summed E-state index contributed by atoms with van der Waals surface area (Å²) in [7, 11) is 0. The molecular weight excluding hydrogens is 467 g/mol. The third-order valence-corrected chi connectivity index (χ3v) is 5.60. The van der Waals surface area contributed by atoms with Crippen LogP contribution in [0.15, 0.2) is 42.5 Å². The molecular formula is C24H32F3N3O5. The van der Waals surface area contributed by atoms with Crippen molar-refractivity contribution in [3.05, 3.63) is 48.0 Å². The molecule has 0 aromatic heterocycles. The van der Waals surface area contributed by atoms with Gasteiger partial charge in [0.25, 0.3) is 5.72 Å². The summed E-state index contributed by atoms with van der Waals surface area (Å²) in [6.45, 7) is 1.35. The molecule has 1 amide bonds. The SMILES string of the molecule is C[C@](N)(OC(=O)C(F)(F)F)C(=O)ON[C@H](/C=C/C(=O)NCC1CCCCC1)CCc1ccccc1. The largest absolute Gasteiger partial charge is 0.491 e. The number of nitrogens with two attached hydrogens (primary N) is 1. The van der Waals surface area contributed by atoms with Crippen LogP contribution in [0.2, 0.25) is 0 Å². The lowest BCUT2D eigenvalue weighted by molar-refractivity contribution is -0.219. The van der Waals surface area contributed by atoms with E-state index < -0.39 is 29.9 Å². The number of hydrogen-bond donors (Lipinski definition) is 3. The molecule has 1 aromatic rings. The van der Waals surface area contributed by atoms with E-state index in [1.165, 1.54) is 18.6 Å². The van der Waals surface area contributed by atoms with Crippen molar-refractivity contribution in [3.8, 4) is 0 Å². The van der Waals surface area contributed by atoms with E-state index in [-0.39, 0.29) is 5.91 Å². The second-order valence-corrected chi connectivity index (χ2v) is 8.74. The Balaban J connectivity index is 1.95. The standard InChI is InChI=1S/C24H32F3N3O5/c1-23(28,34-22(33)24(25,26)27)21(32)35-30-19(13-12-17-8-4-2-5-9-17)14-15-20(31)29-16-18-10-6-3-7-11-18/h2,4-5,8-9,14-15,18-19,30H,3,6-7,10-13,16,28H2,1H3,(H,29,31)/b15-14+/t19-,23-/m0/s1. The minimum Gasteiger partial charge on any atom is -0.426 e. The number of rotatable bonds is 11. The molecule has 11 heteroatoms. The first-order valence-corrected chi connectivity index (χ1v) is 11.5. The number of benzene rings is 1. The highest BCUT2D eigenvalue weighted by Crippen LogP contribution is 2.23. The molecule has 1 fully saturated rings. The maximum atomic E-state index is 12.4. The third-order valence-electron chi connectivity index (χ3n) is 5.60. The van der Waals surface area contributed by atoms with E-state index in [2.05, 4.69) is 15.5 Å². The zero-order valence-corrected chi connectivity index (χ0v) is 19.6. The van der Waals surface area contributed by atoms with Gasteiger partial charge in [-0.2, -0.15) is 13.2 Å². The normalized spacial score (nSPS) is 17.4. The molecule has 1 aliphatic carbocycles.